The topological polar surface area (TPSA) is 58.6 Å². The van der Waals surface area contributed by atoms with E-state index in [4.69, 9.17) is 16.3 Å². The lowest BCUT2D eigenvalue weighted by Crippen LogP contribution is -2.52. The van der Waals surface area contributed by atoms with E-state index < -0.39 is 6.04 Å². The number of benzene rings is 3. The third-order valence-electron chi connectivity index (χ3n) is 5.61. The van der Waals surface area contributed by atoms with Crippen LogP contribution in [0.5, 0.6) is 5.75 Å². The third-order valence-corrected chi connectivity index (χ3v) is 5.86. The fourth-order valence-electron chi connectivity index (χ4n) is 3.63. The number of nitrogens with one attached hydrogen (secondary N) is 1. The molecule has 2 amide bonds. The first kappa shape index (κ1) is 26.3. The number of carbonyl (C=O) groups excluding carboxylic acids is 2. The smallest absolute Gasteiger partial charge is 0.261 e. The van der Waals surface area contributed by atoms with E-state index in [1.165, 1.54) is 0 Å². The van der Waals surface area contributed by atoms with E-state index >= 15 is 0 Å². The quantitative estimate of drug-likeness (QED) is 0.387. The minimum atomic E-state index is -0.682. The number of hydrogen-bond donors (Lipinski definition) is 1. The maximum atomic E-state index is 13.5. The Hall–Kier alpha value is -3.31. The molecule has 0 fully saturated rings. The van der Waals surface area contributed by atoms with Crippen LogP contribution in [0.3, 0.4) is 0 Å². The summed E-state index contributed by atoms with van der Waals surface area (Å²) in [4.78, 5) is 28.5. The number of carbonyl (C=O) groups is 2. The molecule has 5 nitrogen and oxygen atoms in total. The van der Waals surface area contributed by atoms with Gasteiger partial charge in [0.25, 0.3) is 5.91 Å². The molecule has 0 saturated carbocycles. The van der Waals surface area contributed by atoms with Gasteiger partial charge in [-0.1, -0.05) is 85.6 Å². The molecule has 0 spiro atoms. The van der Waals surface area contributed by atoms with Crippen LogP contribution < -0.4 is 10.1 Å². The molecule has 6 heteroatoms. The molecule has 0 aliphatic heterocycles. The molecule has 0 heterocycles. The monoisotopic (exact) mass is 492 g/mol. The van der Waals surface area contributed by atoms with Crippen molar-refractivity contribution in [1.82, 2.24) is 10.2 Å². The van der Waals surface area contributed by atoms with Gasteiger partial charge in [0.15, 0.2) is 6.61 Å². The zero-order valence-corrected chi connectivity index (χ0v) is 21.3. The summed E-state index contributed by atoms with van der Waals surface area (Å²) in [6.07, 6.45) is 0.406. The largest absolute Gasteiger partial charge is 0.484 e. The predicted molar refractivity (Wildman–Crippen MR) is 140 cm³/mol. The first-order valence-electron chi connectivity index (χ1n) is 11.9. The van der Waals surface area contributed by atoms with Crippen molar-refractivity contribution in [2.45, 2.75) is 39.8 Å². The number of aryl methyl sites for hydroxylation is 1. The highest BCUT2D eigenvalue weighted by Crippen LogP contribution is 2.18. The molecule has 3 aromatic carbocycles. The second-order valence-corrected chi connectivity index (χ2v) is 9.53. The molecule has 1 atom stereocenters. The van der Waals surface area contributed by atoms with Gasteiger partial charge in [0.05, 0.1) is 0 Å². The van der Waals surface area contributed by atoms with Crippen LogP contribution in [0, 0.1) is 12.8 Å². The van der Waals surface area contributed by atoms with Gasteiger partial charge < -0.3 is 15.0 Å². The second-order valence-electron chi connectivity index (χ2n) is 9.09. The lowest BCUT2D eigenvalue weighted by Gasteiger charge is -2.31. The molecular weight excluding hydrogens is 460 g/mol. The summed E-state index contributed by atoms with van der Waals surface area (Å²) in [5.41, 5.74) is 3.07. The molecule has 3 rings (SSSR count). The molecule has 35 heavy (non-hydrogen) atoms. The van der Waals surface area contributed by atoms with E-state index in [0.29, 0.717) is 36.2 Å². The minimum absolute atomic E-state index is 0.172. The van der Waals surface area contributed by atoms with Gasteiger partial charge in [0.1, 0.15) is 11.8 Å². The van der Waals surface area contributed by atoms with Crippen LogP contribution in [0.1, 0.15) is 30.5 Å². The van der Waals surface area contributed by atoms with Crippen molar-refractivity contribution < 1.29 is 14.3 Å². The van der Waals surface area contributed by atoms with Crippen LogP contribution >= 0.6 is 11.6 Å². The molecule has 0 unspecified atom stereocenters. The maximum absolute atomic E-state index is 13.5. The average Bonchev–Trinajstić information content (AvgIpc) is 2.86. The Labute approximate surface area is 213 Å². The fourth-order valence-corrected chi connectivity index (χ4v) is 3.75. The number of halogens is 1. The van der Waals surface area contributed by atoms with Gasteiger partial charge in [-0.2, -0.15) is 0 Å². The number of hydrogen-bond acceptors (Lipinski definition) is 3. The highest BCUT2D eigenvalue weighted by molar-refractivity contribution is 6.30. The highest BCUT2D eigenvalue weighted by atomic mass is 35.5. The van der Waals surface area contributed by atoms with Crippen molar-refractivity contribution in [3.05, 3.63) is 101 Å². The molecule has 1 N–H and O–H groups in total. The lowest BCUT2D eigenvalue weighted by atomic mass is 10.0. The van der Waals surface area contributed by atoms with Crippen LogP contribution in [0.15, 0.2) is 78.9 Å². The molecule has 3 aromatic rings. The fraction of sp³-hybridized carbons (Fsp3) is 0.310. The predicted octanol–water partition coefficient (Wildman–Crippen LogP) is 5.44. The van der Waals surface area contributed by atoms with Crippen LogP contribution in [0.2, 0.25) is 5.02 Å². The summed E-state index contributed by atoms with van der Waals surface area (Å²) in [6, 6.07) is 23.9. The van der Waals surface area contributed by atoms with Crippen LogP contribution in [-0.4, -0.2) is 35.9 Å². The van der Waals surface area contributed by atoms with E-state index in [1.807, 2.05) is 75.4 Å². The van der Waals surface area contributed by atoms with Crippen LogP contribution in [0.25, 0.3) is 0 Å². The van der Waals surface area contributed by atoms with Crippen molar-refractivity contribution >= 4 is 23.4 Å². The van der Waals surface area contributed by atoms with E-state index in [1.54, 1.807) is 29.2 Å². The summed E-state index contributed by atoms with van der Waals surface area (Å²) < 4.78 is 5.76. The Balaban J connectivity index is 1.88. The van der Waals surface area contributed by atoms with Gasteiger partial charge in [0.2, 0.25) is 5.91 Å². The Morgan fingerprint density at radius 2 is 1.57 bits per heavy atom. The van der Waals surface area contributed by atoms with Crippen molar-refractivity contribution in [2.24, 2.45) is 5.92 Å². The van der Waals surface area contributed by atoms with Gasteiger partial charge in [-0.25, -0.2) is 0 Å². The minimum Gasteiger partial charge on any atom is -0.484 e. The van der Waals surface area contributed by atoms with Crippen molar-refractivity contribution in [2.75, 3.05) is 13.2 Å². The Morgan fingerprint density at radius 3 is 2.20 bits per heavy atom. The van der Waals surface area contributed by atoms with Gasteiger partial charge in [-0.05, 0) is 48.2 Å². The first-order chi connectivity index (χ1) is 16.8. The van der Waals surface area contributed by atoms with E-state index in [9.17, 15) is 9.59 Å². The summed E-state index contributed by atoms with van der Waals surface area (Å²) in [6.45, 7) is 6.76. The summed E-state index contributed by atoms with van der Waals surface area (Å²) in [5, 5.41) is 3.62. The SMILES string of the molecule is Cc1ccc(CN(C(=O)COc2ccc(Cl)cc2)[C@@H](Cc2ccccc2)C(=O)NCC(C)C)cc1. The highest BCUT2D eigenvalue weighted by Gasteiger charge is 2.30. The van der Waals surface area contributed by atoms with Crippen molar-refractivity contribution in [1.29, 1.82) is 0 Å². The standard InChI is InChI=1S/C29H33ClN2O3/c1-21(2)18-31-29(34)27(17-23-7-5-4-6-8-23)32(19-24-11-9-22(3)10-12-24)28(33)20-35-26-15-13-25(30)14-16-26/h4-16,21,27H,17-20H2,1-3H3,(H,31,34)/t27-/m0/s1. The zero-order valence-electron chi connectivity index (χ0n) is 20.5. The molecule has 0 bridgehead atoms. The van der Waals surface area contributed by atoms with E-state index in [2.05, 4.69) is 5.32 Å². The molecule has 0 aliphatic carbocycles. The summed E-state index contributed by atoms with van der Waals surface area (Å²) in [5.74, 6) is 0.406. The number of amides is 2. The van der Waals surface area contributed by atoms with Crippen molar-refractivity contribution in [3.63, 3.8) is 0 Å². The van der Waals surface area contributed by atoms with Crippen molar-refractivity contribution in [3.8, 4) is 5.75 Å². The Morgan fingerprint density at radius 1 is 0.914 bits per heavy atom. The van der Waals surface area contributed by atoms with Gasteiger partial charge >= 0.3 is 0 Å². The number of nitrogens with zero attached hydrogens (tertiary/aromatic N) is 1. The molecule has 0 saturated heterocycles. The van der Waals surface area contributed by atoms with E-state index in [-0.39, 0.29) is 18.4 Å². The normalized spacial score (nSPS) is 11.7. The molecular formula is C29H33ClN2O3. The molecule has 0 aliphatic rings. The lowest BCUT2D eigenvalue weighted by molar-refractivity contribution is -0.142. The van der Waals surface area contributed by atoms with Gasteiger partial charge in [0, 0.05) is 24.5 Å². The van der Waals surface area contributed by atoms with Crippen LogP contribution in [-0.2, 0) is 22.6 Å². The molecule has 0 radical (unpaired) electrons. The second kappa shape index (κ2) is 13.0. The summed E-state index contributed by atoms with van der Waals surface area (Å²) >= 11 is 5.96. The van der Waals surface area contributed by atoms with Gasteiger partial charge in [-0.3, -0.25) is 9.59 Å². The first-order valence-corrected chi connectivity index (χ1v) is 12.2. The average molecular weight is 493 g/mol. The van der Waals surface area contributed by atoms with E-state index in [0.717, 1.165) is 16.7 Å². The number of ether oxygens (including phenoxy) is 1. The third kappa shape index (κ3) is 8.45. The maximum Gasteiger partial charge on any atom is 0.261 e. The Kier molecular flexibility index (Phi) is 9.74. The number of rotatable bonds is 11. The van der Waals surface area contributed by atoms with Gasteiger partial charge in [-0.15, -0.1) is 0 Å². The summed E-state index contributed by atoms with van der Waals surface area (Å²) in [7, 11) is 0. The Bertz CT molecular complexity index is 1080. The molecule has 0 aromatic heterocycles. The van der Waals surface area contributed by atoms with Crippen LogP contribution in [0.4, 0.5) is 0 Å². The zero-order chi connectivity index (χ0) is 25.2. The molecule has 184 valence electrons.